The average molecular weight is 394 g/mol. The molecule has 3 fully saturated rings. The number of nitrogens with zero attached hydrogens (tertiary/aromatic N) is 3. The van der Waals surface area contributed by atoms with Gasteiger partial charge in [-0.2, -0.15) is 0 Å². The van der Waals surface area contributed by atoms with Gasteiger partial charge in [0, 0.05) is 39.3 Å². The topological polar surface area (TPSA) is 36.0 Å². The van der Waals surface area contributed by atoms with Crippen LogP contribution in [0.5, 0.6) is 0 Å². The van der Waals surface area contributed by atoms with E-state index in [0.717, 1.165) is 64.8 Å². The molecule has 1 aliphatic carbocycles. The summed E-state index contributed by atoms with van der Waals surface area (Å²) in [6, 6.07) is 11.4. The molecule has 1 spiro atoms. The monoisotopic (exact) mass is 393 g/mol. The molecular weight excluding hydrogens is 362 g/mol. The van der Waals surface area contributed by atoms with Gasteiger partial charge in [0.05, 0.1) is 18.8 Å². The lowest BCUT2D eigenvalue weighted by atomic mass is 9.89. The van der Waals surface area contributed by atoms with E-state index in [1.165, 1.54) is 5.56 Å². The van der Waals surface area contributed by atoms with E-state index >= 15 is 0 Å². The number of likely N-dealkylation sites (tertiary alicyclic amines) is 1. The molecule has 4 rings (SSSR count). The van der Waals surface area contributed by atoms with Gasteiger partial charge >= 0.3 is 6.03 Å². The van der Waals surface area contributed by atoms with Gasteiger partial charge < -0.3 is 19.4 Å². The number of morpholine rings is 1. The lowest BCUT2D eigenvalue weighted by molar-refractivity contribution is -0.127. The first kappa shape index (κ1) is 20.4. The standard InChI is InChI=1S/C21H31N3O2.ClH/c1-22(19-7-8-19)20(25)24-15-16-26-21(17-24)10-13-23(14-11-21)12-9-18-5-3-2-4-6-18;/h2-6,19H,7-17H2,1H3;1H. The van der Waals surface area contributed by atoms with Crippen molar-refractivity contribution >= 4 is 18.4 Å². The van der Waals surface area contributed by atoms with Crippen LogP contribution in [-0.4, -0.2) is 78.8 Å². The number of rotatable bonds is 4. The fourth-order valence-corrected chi connectivity index (χ4v) is 4.27. The molecule has 0 atom stereocenters. The molecule has 0 bridgehead atoms. The first-order valence-electron chi connectivity index (χ1n) is 10.1. The fraction of sp³-hybridized carbons (Fsp3) is 0.667. The second-order valence-electron chi connectivity index (χ2n) is 8.15. The van der Waals surface area contributed by atoms with E-state index in [9.17, 15) is 4.79 Å². The van der Waals surface area contributed by atoms with Crippen LogP contribution >= 0.6 is 12.4 Å². The number of amides is 2. The summed E-state index contributed by atoms with van der Waals surface area (Å²) in [5, 5.41) is 0. The molecule has 0 aromatic heterocycles. The SMILES string of the molecule is CN(C(=O)N1CCOC2(CCN(CCc3ccccc3)CC2)C1)C1CC1.Cl. The predicted molar refractivity (Wildman–Crippen MR) is 110 cm³/mol. The van der Waals surface area contributed by atoms with Gasteiger partial charge in [-0.15, -0.1) is 12.4 Å². The summed E-state index contributed by atoms with van der Waals surface area (Å²) < 4.78 is 6.21. The van der Waals surface area contributed by atoms with Crippen LogP contribution in [0, 0.1) is 0 Å². The lowest BCUT2D eigenvalue weighted by Crippen LogP contribution is -2.59. The Kier molecular flexibility index (Phi) is 6.66. The fourth-order valence-electron chi connectivity index (χ4n) is 4.27. The molecule has 150 valence electrons. The number of ether oxygens (including phenoxy) is 1. The van der Waals surface area contributed by atoms with E-state index in [-0.39, 0.29) is 24.0 Å². The maximum atomic E-state index is 12.7. The molecule has 1 aromatic carbocycles. The molecule has 1 saturated carbocycles. The zero-order valence-electron chi connectivity index (χ0n) is 16.3. The summed E-state index contributed by atoms with van der Waals surface area (Å²) in [5.41, 5.74) is 1.28. The molecule has 6 heteroatoms. The summed E-state index contributed by atoms with van der Waals surface area (Å²) in [5.74, 6) is 0. The second kappa shape index (κ2) is 8.80. The van der Waals surface area contributed by atoms with Crippen LogP contribution in [0.2, 0.25) is 0 Å². The molecule has 2 amide bonds. The minimum atomic E-state index is -0.123. The molecule has 3 aliphatic rings. The number of urea groups is 1. The molecule has 2 heterocycles. The van der Waals surface area contributed by atoms with Crippen molar-refractivity contribution in [1.29, 1.82) is 0 Å². The van der Waals surface area contributed by atoms with Crippen LogP contribution in [0.1, 0.15) is 31.2 Å². The highest BCUT2D eigenvalue weighted by atomic mass is 35.5. The third kappa shape index (κ3) is 4.95. The number of halogens is 1. The molecule has 0 radical (unpaired) electrons. The summed E-state index contributed by atoms with van der Waals surface area (Å²) in [7, 11) is 1.95. The van der Waals surface area contributed by atoms with Crippen LogP contribution < -0.4 is 0 Å². The van der Waals surface area contributed by atoms with Crippen molar-refractivity contribution in [3.05, 3.63) is 35.9 Å². The third-order valence-electron chi connectivity index (χ3n) is 6.24. The van der Waals surface area contributed by atoms with Crippen molar-refractivity contribution in [1.82, 2.24) is 14.7 Å². The van der Waals surface area contributed by atoms with Crippen LogP contribution in [0.15, 0.2) is 30.3 Å². The van der Waals surface area contributed by atoms with Crippen molar-refractivity contribution in [2.24, 2.45) is 0 Å². The third-order valence-corrected chi connectivity index (χ3v) is 6.24. The quantitative estimate of drug-likeness (QED) is 0.788. The highest BCUT2D eigenvalue weighted by molar-refractivity contribution is 5.85. The summed E-state index contributed by atoms with van der Waals surface area (Å²) in [6.45, 7) is 5.40. The first-order chi connectivity index (χ1) is 12.7. The number of piperidine rings is 1. The van der Waals surface area contributed by atoms with Crippen LogP contribution in [0.4, 0.5) is 4.79 Å². The molecule has 27 heavy (non-hydrogen) atoms. The van der Waals surface area contributed by atoms with Gasteiger partial charge in [-0.3, -0.25) is 0 Å². The Morgan fingerprint density at radius 1 is 1.19 bits per heavy atom. The predicted octanol–water partition coefficient (Wildman–Crippen LogP) is 3.03. The van der Waals surface area contributed by atoms with Gasteiger partial charge in [-0.25, -0.2) is 4.79 Å². The van der Waals surface area contributed by atoms with Gasteiger partial charge in [0.2, 0.25) is 0 Å². The Morgan fingerprint density at radius 2 is 1.89 bits per heavy atom. The van der Waals surface area contributed by atoms with E-state index in [2.05, 4.69) is 35.2 Å². The Balaban J connectivity index is 0.00000210. The van der Waals surface area contributed by atoms with E-state index in [1.807, 2.05) is 16.8 Å². The van der Waals surface area contributed by atoms with Gasteiger partial charge in [0.25, 0.3) is 0 Å². The summed E-state index contributed by atoms with van der Waals surface area (Å²) in [4.78, 5) is 19.2. The van der Waals surface area contributed by atoms with Crippen LogP contribution in [0.3, 0.4) is 0 Å². The Hall–Kier alpha value is -1.30. The Bertz CT molecular complexity index is 615. The molecule has 1 aromatic rings. The van der Waals surface area contributed by atoms with E-state index < -0.39 is 0 Å². The number of hydrogen-bond donors (Lipinski definition) is 0. The Labute approximate surface area is 169 Å². The minimum Gasteiger partial charge on any atom is -0.371 e. The highest BCUT2D eigenvalue weighted by Gasteiger charge is 2.42. The number of benzene rings is 1. The molecule has 0 N–H and O–H groups in total. The number of carbonyl (C=O) groups is 1. The van der Waals surface area contributed by atoms with Gasteiger partial charge in [0.1, 0.15) is 0 Å². The van der Waals surface area contributed by atoms with Gasteiger partial charge in [0.15, 0.2) is 0 Å². The smallest absolute Gasteiger partial charge is 0.320 e. The maximum absolute atomic E-state index is 12.7. The summed E-state index contributed by atoms with van der Waals surface area (Å²) >= 11 is 0. The molecule has 5 nitrogen and oxygen atoms in total. The molecule has 2 aliphatic heterocycles. The average Bonchev–Trinajstić information content (AvgIpc) is 3.53. The largest absolute Gasteiger partial charge is 0.371 e. The van der Waals surface area contributed by atoms with Gasteiger partial charge in [-0.05, 0) is 37.7 Å². The van der Waals surface area contributed by atoms with Crippen molar-refractivity contribution < 1.29 is 9.53 Å². The number of hydrogen-bond acceptors (Lipinski definition) is 3. The zero-order valence-corrected chi connectivity index (χ0v) is 17.1. The maximum Gasteiger partial charge on any atom is 0.320 e. The Morgan fingerprint density at radius 3 is 2.56 bits per heavy atom. The van der Waals surface area contributed by atoms with E-state index in [0.29, 0.717) is 12.6 Å². The first-order valence-corrected chi connectivity index (χ1v) is 10.1. The lowest BCUT2D eigenvalue weighted by Gasteiger charge is -2.47. The number of carbonyl (C=O) groups excluding carboxylic acids is 1. The molecule has 0 unspecified atom stereocenters. The van der Waals surface area contributed by atoms with Crippen molar-refractivity contribution in [3.63, 3.8) is 0 Å². The molecule has 2 saturated heterocycles. The van der Waals surface area contributed by atoms with Gasteiger partial charge in [-0.1, -0.05) is 30.3 Å². The zero-order chi connectivity index (χ0) is 18.0. The van der Waals surface area contributed by atoms with Crippen LogP contribution in [0.25, 0.3) is 0 Å². The minimum absolute atomic E-state index is 0. The summed E-state index contributed by atoms with van der Waals surface area (Å²) in [6.07, 6.45) is 5.48. The van der Waals surface area contributed by atoms with Crippen LogP contribution in [-0.2, 0) is 11.2 Å². The normalized spacial score (nSPS) is 22.3. The van der Waals surface area contributed by atoms with Crippen molar-refractivity contribution in [3.8, 4) is 0 Å². The molecular formula is C21H32ClN3O2. The van der Waals surface area contributed by atoms with E-state index in [4.69, 9.17) is 4.74 Å². The van der Waals surface area contributed by atoms with Crippen molar-refractivity contribution in [2.45, 2.75) is 43.7 Å². The van der Waals surface area contributed by atoms with E-state index in [1.54, 1.807) is 0 Å². The van der Waals surface area contributed by atoms with Crippen molar-refractivity contribution in [2.75, 3.05) is 46.4 Å². The highest BCUT2D eigenvalue weighted by Crippen LogP contribution is 2.32. The second-order valence-corrected chi connectivity index (χ2v) is 8.15.